The predicted octanol–water partition coefficient (Wildman–Crippen LogP) is 4.75. The molecule has 0 saturated carbocycles. The second-order valence-corrected chi connectivity index (χ2v) is 5.60. The highest BCUT2D eigenvalue weighted by Gasteiger charge is 2.17. The number of aryl methyl sites for hydroxylation is 2. The highest BCUT2D eigenvalue weighted by atomic mass is 35.5. The van der Waals surface area contributed by atoms with Crippen LogP contribution in [0.1, 0.15) is 28.5 Å². The Balaban J connectivity index is 2.05. The van der Waals surface area contributed by atoms with Gasteiger partial charge in [-0.05, 0) is 49.2 Å². The molecule has 2 N–H and O–H groups in total. The molecule has 3 aromatic rings. The summed E-state index contributed by atoms with van der Waals surface area (Å²) >= 11 is 6.28. The second kappa shape index (κ2) is 4.97. The molecule has 2 nitrogen and oxygen atoms in total. The minimum atomic E-state index is -0.351. The van der Waals surface area contributed by atoms with Crippen LogP contribution in [-0.4, -0.2) is 0 Å². The van der Waals surface area contributed by atoms with Crippen molar-refractivity contribution in [3.8, 4) is 0 Å². The standard InChI is InChI=1S/C17H16ClNO/c1-10-4-6-15-12(7-10)9-16(20-15)17(19)13-5-3-11(2)8-14(13)18/h3-9,17H,19H2,1-2H3. The first-order chi connectivity index (χ1) is 9.54. The van der Waals surface area contributed by atoms with Gasteiger partial charge in [0.25, 0.3) is 0 Å². The number of furan rings is 1. The van der Waals surface area contributed by atoms with E-state index in [9.17, 15) is 0 Å². The summed E-state index contributed by atoms with van der Waals surface area (Å²) in [4.78, 5) is 0. The molecule has 0 aliphatic rings. The van der Waals surface area contributed by atoms with Crippen LogP contribution in [0.25, 0.3) is 11.0 Å². The molecule has 0 radical (unpaired) electrons. The van der Waals surface area contributed by atoms with E-state index >= 15 is 0 Å². The van der Waals surface area contributed by atoms with Crippen LogP contribution in [0.15, 0.2) is 46.9 Å². The fourth-order valence-corrected chi connectivity index (χ4v) is 2.73. The average molecular weight is 286 g/mol. The normalized spacial score (nSPS) is 12.8. The van der Waals surface area contributed by atoms with Gasteiger partial charge in [0.15, 0.2) is 0 Å². The van der Waals surface area contributed by atoms with Crippen LogP contribution in [0, 0.1) is 13.8 Å². The molecule has 0 bridgehead atoms. The molecule has 0 saturated heterocycles. The Bertz CT molecular complexity index is 776. The van der Waals surface area contributed by atoms with E-state index in [-0.39, 0.29) is 6.04 Å². The molecule has 1 atom stereocenters. The summed E-state index contributed by atoms with van der Waals surface area (Å²) in [6, 6.07) is 13.6. The average Bonchev–Trinajstić information content (AvgIpc) is 2.81. The van der Waals surface area contributed by atoms with E-state index in [2.05, 4.69) is 13.0 Å². The SMILES string of the molecule is Cc1ccc(C(N)c2cc3cc(C)ccc3o2)c(Cl)c1. The number of hydrogen-bond acceptors (Lipinski definition) is 2. The fraction of sp³-hybridized carbons (Fsp3) is 0.176. The van der Waals surface area contributed by atoms with Gasteiger partial charge in [-0.25, -0.2) is 0 Å². The Kier molecular flexibility index (Phi) is 3.28. The lowest BCUT2D eigenvalue weighted by atomic mass is 10.0. The Morgan fingerprint density at radius 3 is 2.45 bits per heavy atom. The number of benzene rings is 2. The summed E-state index contributed by atoms with van der Waals surface area (Å²) in [7, 11) is 0. The largest absolute Gasteiger partial charge is 0.459 e. The molecule has 1 heterocycles. The van der Waals surface area contributed by atoms with Gasteiger partial charge >= 0.3 is 0 Å². The molecule has 1 unspecified atom stereocenters. The van der Waals surface area contributed by atoms with Crippen LogP contribution in [0.2, 0.25) is 5.02 Å². The summed E-state index contributed by atoms with van der Waals surface area (Å²) in [5.74, 6) is 0.733. The van der Waals surface area contributed by atoms with Crippen LogP contribution in [-0.2, 0) is 0 Å². The van der Waals surface area contributed by atoms with Crippen LogP contribution >= 0.6 is 11.6 Å². The molecule has 0 spiro atoms. The number of rotatable bonds is 2. The van der Waals surface area contributed by atoms with E-state index in [4.69, 9.17) is 21.8 Å². The lowest BCUT2D eigenvalue weighted by molar-refractivity contribution is 0.525. The van der Waals surface area contributed by atoms with E-state index in [1.807, 2.05) is 43.3 Å². The van der Waals surface area contributed by atoms with E-state index in [1.54, 1.807) is 0 Å². The molecule has 0 aliphatic heterocycles. The van der Waals surface area contributed by atoms with Crippen molar-refractivity contribution >= 4 is 22.6 Å². The maximum atomic E-state index is 6.29. The number of fused-ring (bicyclic) bond motifs is 1. The molecule has 20 heavy (non-hydrogen) atoms. The van der Waals surface area contributed by atoms with E-state index in [0.717, 1.165) is 27.9 Å². The summed E-state index contributed by atoms with van der Waals surface area (Å²) < 4.78 is 5.84. The minimum Gasteiger partial charge on any atom is -0.459 e. The zero-order valence-corrected chi connectivity index (χ0v) is 12.2. The van der Waals surface area contributed by atoms with Crippen LogP contribution in [0.4, 0.5) is 0 Å². The number of nitrogens with two attached hydrogens (primary N) is 1. The first kappa shape index (κ1) is 13.2. The van der Waals surface area contributed by atoms with Crippen molar-refractivity contribution in [3.05, 3.63) is 69.9 Å². The Morgan fingerprint density at radius 2 is 1.70 bits per heavy atom. The van der Waals surface area contributed by atoms with Gasteiger partial charge in [-0.2, -0.15) is 0 Å². The first-order valence-electron chi connectivity index (χ1n) is 6.56. The van der Waals surface area contributed by atoms with Gasteiger partial charge in [0, 0.05) is 10.4 Å². The lowest BCUT2D eigenvalue weighted by Crippen LogP contribution is -2.11. The van der Waals surface area contributed by atoms with Crippen molar-refractivity contribution in [3.63, 3.8) is 0 Å². The van der Waals surface area contributed by atoms with Gasteiger partial charge in [0.05, 0.1) is 6.04 Å². The number of hydrogen-bond donors (Lipinski definition) is 1. The summed E-state index contributed by atoms with van der Waals surface area (Å²) in [6.45, 7) is 4.06. The second-order valence-electron chi connectivity index (χ2n) is 5.19. The fourth-order valence-electron chi connectivity index (χ4n) is 2.37. The molecule has 3 rings (SSSR count). The quantitative estimate of drug-likeness (QED) is 0.738. The maximum absolute atomic E-state index is 6.29. The maximum Gasteiger partial charge on any atom is 0.134 e. The van der Waals surface area contributed by atoms with E-state index in [0.29, 0.717) is 5.02 Å². The molecule has 0 aliphatic carbocycles. The zero-order chi connectivity index (χ0) is 14.3. The molecule has 102 valence electrons. The molecular weight excluding hydrogens is 270 g/mol. The van der Waals surface area contributed by atoms with Gasteiger partial charge in [-0.3, -0.25) is 0 Å². The molecule has 0 amide bonds. The van der Waals surface area contributed by atoms with Crippen molar-refractivity contribution in [1.29, 1.82) is 0 Å². The van der Waals surface area contributed by atoms with Crippen LogP contribution in [0.5, 0.6) is 0 Å². The Morgan fingerprint density at radius 1 is 1.00 bits per heavy atom. The van der Waals surface area contributed by atoms with Gasteiger partial charge in [0.1, 0.15) is 11.3 Å². The number of halogens is 1. The van der Waals surface area contributed by atoms with E-state index < -0.39 is 0 Å². The first-order valence-corrected chi connectivity index (χ1v) is 6.94. The smallest absolute Gasteiger partial charge is 0.134 e. The van der Waals surface area contributed by atoms with Gasteiger partial charge < -0.3 is 10.2 Å². The van der Waals surface area contributed by atoms with Crippen molar-refractivity contribution in [2.24, 2.45) is 5.73 Å². The highest BCUT2D eigenvalue weighted by molar-refractivity contribution is 6.31. The predicted molar refractivity (Wildman–Crippen MR) is 83.2 cm³/mol. The van der Waals surface area contributed by atoms with E-state index in [1.165, 1.54) is 5.56 Å². The third kappa shape index (κ3) is 2.33. The summed E-state index contributed by atoms with van der Waals surface area (Å²) in [5.41, 5.74) is 10.3. The Hall–Kier alpha value is -1.77. The van der Waals surface area contributed by atoms with Crippen LogP contribution < -0.4 is 5.73 Å². The molecule has 3 heteroatoms. The molecule has 1 aromatic heterocycles. The van der Waals surface area contributed by atoms with Crippen molar-refractivity contribution < 1.29 is 4.42 Å². The van der Waals surface area contributed by atoms with Gasteiger partial charge in [-0.1, -0.05) is 35.4 Å². The van der Waals surface area contributed by atoms with Gasteiger partial charge in [0.2, 0.25) is 0 Å². The lowest BCUT2D eigenvalue weighted by Gasteiger charge is -2.11. The third-order valence-electron chi connectivity index (χ3n) is 3.49. The highest BCUT2D eigenvalue weighted by Crippen LogP contribution is 2.31. The Labute approximate surface area is 123 Å². The monoisotopic (exact) mass is 285 g/mol. The summed E-state index contributed by atoms with van der Waals surface area (Å²) in [5, 5.41) is 1.74. The van der Waals surface area contributed by atoms with Crippen LogP contribution in [0.3, 0.4) is 0 Å². The van der Waals surface area contributed by atoms with Gasteiger partial charge in [-0.15, -0.1) is 0 Å². The van der Waals surface area contributed by atoms with Crippen molar-refractivity contribution in [1.82, 2.24) is 0 Å². The topological polar surface area (TPSA) is 39.2 Å². The molecule has 2 aromatic carbocycles. The molecule has 0 fully saturated rings. The summed E-state index contributed by atoms with van der Waals surface area (Å²) in [6.07, 6.45) is 0. The zero-order valence-electron chi connectivity index (χ0n) is 11.5. The third-order valence-corrected chi connectivity index (χ3v) is 3.82. The van der Waals surface area contributed by atoms with Crippen molar-refractivity contribution in [2.75, 3.05) is 0 Å². The minimum absolute atomic E-state index is 0.351. The molecular formula is C17H16ClNO. The van der Waals surface area contributed by atoms with Crippen molar-refractivity contribution in [2.45, 2.75) is 19.9 Å².